The monoisotopic (exact) mass is 237 g/mol. The van der Waals surface area contributed by atoms with Gasteiger partial charge in [-0.3, -0.25) is 0 Å². The Morgan fingerprint density at radius 1 is 1.41 bits per heavy atom. The lowest BCUT2D eigenvalue weighted by Crippen LogP contribution is -2.27. The molecule has 1 aromatic heterocycles. The summed E-state index contributed by atoms with van der Waals surface area (Å²) < 4.78 is 0. The zero-order valence-corrected chi connectivity index (χ0v) is 10.8. The minimum atomic E-state index is 0.228. The minimum absolute atomic E-state index is 0.228. The molecule has 1 heterocycles. The molecule has 0 spiro atoms. The molecule has 0 atom stereocenters. The molecule has 96 valence electrons. The number of nitrogens with zero attached hydrogens (tertiary/aromatic N) is 2. The fourth-order valence-electron chi connectivity index (χ4n) is 1.79. The van der Waals surface area contributed by atoms with Crippen molar-refractivity contribution in [2.24, 2.45) is 0 Å². The average Bonchev–Trinajstić information content (AvgIpc) is 2.38. The van der Waals surface area contributed by atoms with Crippen molar-refractivity contribution in [2.45, 2.75) is 26.8 Å². The maximum Gasteiger partial charge on any atom is 0.132 e. The summed E-state index contributed by atoms with van der Waals surface area (Å²) in [6.45, 7) is 8.00. The van der Waals surface area contributed by atoms with Crippen molar-refractivity contribution in [3.63, 3.8) is 0 Å². The fourth-order valence-corrected chi connectivity index (χ4v) is 1.79. The van der Waals surface area contributed by atoms with Crippen LogP contribution in [0.25, 0.3) is 0 Å². The summed E-state index contributed by atoms with van der Waals surface area (Å²) in [5.41, 5.74) is 1.22. The summed E-state index contributed by atoms with van der Waals surface area (Å²) >= 11 is 0. The van der Waals surface area contributed by atoms with Crippen molar-refractivity contribution in [3.05, 3.63) is 23.9 Å². The predicted molar refractivity (Wildman–Crippen MR) is 71.2 cm³/mol. The molecule has 0 saturated heterocycles. The summed E-state index contributed by atoms with van der Waals surface area (Å²) in [5.74, 6) is 1.03. The maximum absolute atomic E-state index is 8.91. The Morgan fingerprint density at radius 2 is 2.24 bits per heavy atom. The topological polar surface area (TPSA) is 48.4 Å². The van der Waals surface area contributed by atoms with Gasteiger partial charge in [0.2, 0.25) is 0 Å². The second kappa shape index (κ2) is 8.03. The quantitative estimate of drug-likeness (QED) is 0.717. The fraction of sp³-hybridized carbons (Fsp3) is 0.615. The highest BCUT2D eigenvalue weighted by molar-refractivity contribution is 5.46. The number of aliphatic hydroxyl groups excluding tert-OH is 1. The first-order valence-electron chi connectivity index (χ1n) is 6.33. The van der Waals surface area contributed by atoms with Gasteiger partial charge in [-0.25, -0.2) is 4.98 Å². The summed E-state index contributed by atoms with van der Waals surface area (Å²) in [4.78, 5) is 6.67. The lowest BCUT2D eigenvalue weighted by Gasteiger charge is -2.24. The molecule has 4 nitrogen and oxygen atoms in total. The van der Waals surface area contributed by atoms with Crippen LogP contribution in [0.4, 0.5) is 5.82 Å². The molecular weight excluding hydrogens is 214 g/mol. The average molecular weight is 237 g/mol. The van der Waals surface area contributed by atoms with Crippen molar-refractivity contribution in [1.82, 2.24) is 10.3 Å². The van der Waals surface area contributed by atoms with Crippen molar-refractivity contribution in [1.29, 1.82) is 0 Å². The van der Waals surface area contributed by atoms with Gasteiger partial charge in [0, 0.05) is 38.0 Å². The van der Waals surface area contributed by atoms with E-state index in [1.807, 2.05) is 12.3 Å². The van der Waals surface area contributed by atoms with Gasteiger partial charge in [-0.1, -0.05) is 13.0 Å². The molecule has 0 amide bonds. The van der Waals surface area contributed by atoms with Crippen molar-refractivity contribution in [2.75, 3.05) is 31.1 Å². The first-order valence-corrected chi connectivity index (χ1v) is 6.33. The Hall–Kier alpha value is -1.13. The van der Waals surface area contributed by atoms with E-state index < -0.39 is 0 Å². The van der Waals surface area contributed by atoms with Crippen molar-refractivity contribution < 1.29 is 5.11 Å². The van der Waals surface area contributed by atoms with Crippen LogP contribution >= 0.6 is 0 Å². The molecule has 0 bridgehead atoms. The van der Waals surface area contributed by atoms with Gasteiger partial charge in [-0.05, 0) is 26.0 Å². The minimum Gasteiger partial charge on any atom is -0.396 e. The van der Waals surface area contributed by atoms with E-state index in [0.29, 0.717) is 0 Å². The normalized spacial score (nSPS) is 10.5. The van der Waals surface area contributed by atoms with Crippen LogP contribution in [0.15, 0.2) is 18.3 Å². The van der Waals surface area contributed by atoms with Crippen LogP contribution < -0.4 is 10.2 Å². The lowest BCUT2D eigenvalue weighted by molar-refractivity contribution is 0.289. The number of rotatable bonds is 8. The highest BCUT2D eigenvalue weighted by Crippen LogP contribution is 2.17. The van der Waals surface area contributed by atoms with E-state index in [1.54, 1.807) is 0 Å². The first kappa shape index (κ1) is 13.9. The summed E-state index contributed by atoms with van der Waals surface area (Å²) in [6.07, 6.45) is 2.61. The molecule has 0 aliphatic rings. The standard InChI is InChI=1S/C13H23N3O/c1-3-14-11-12-7-5-8-15-13(12)16(4-2)9-6-10-17/h5,7-8,14,17H,3-4,6,9-11H2,1-2H3. The zero-order valence-electron chi connectivity index (χ0n) is 10.8. The van der Waals surface area contributed by atoms with E-state index in [9.17, 15) is 0 Å². The third kappa shape index (κ3) is 4.32. The Bertz CT molecular complexity index is 317. The SMILES string of the molecule is CCNCc1cccnc1N(CC)CCCO. The van der Waals surface area contributed by atoms with Crippen LogP contribution in [0.1, 0.15) is 25.8 Å². The van der Waals surface area contributed by atoms with Crippen LogP contribution in [0.3, 0.4) is 0 Å². The van der Waals surface area contributed by atoms with E-state index in [4.69, 9.17) is 5.11 Å². The smallest absolute Gasteiger partial charge is 0.132 e. The van der Waals surface area contributed by atoms with Gasteiger partial charge < -0.3 is 15.3 Å². The molecule has 0 aromatic carbocycles. The number of hydrogen-bond acceptors (Lipinski definition) is 4. The molecule has 0 aliphatic heterocycles. The van der Waals surface area contributed by atoms with Gasteiger partial charge in [-0.2, -0.15) is 0 Å². The largest absolute Gasteiger partial charge is 0.396 e. The number of aromatic nitrogens is 1. The zero-order chi connectivity index (χ0) is 12.5. The third-order valence-electron chi connectivity index (χ3n) is 2.70. The first-order chi connectivity index (χ1) is 8.33. The maximum atomic E-state index is 8.91. The highest BCUT2D eigenvalue weighted by Gasteiger charge is 2.09. The molecular formula is C13H23N3O. The van der Waals surface area contributed by atoms with Gasteiger partial charge in [0.1, 0.15) is 5.82 Å². The van der Waals surface area contributed by atoms with Crippen LogP contribution in [0.2, 0.25) is 0 Å². The Kier molecular flexibility index (Phi) is 6.58. The van der Waals surface area contributed by atoms with E-state index in [2.05, 4.69) is 35.1 Å². The molecule has 1 rings (SSSR count). The van der Waals surface area contributed by atoms with Crippen LogP contribution in [-0.2, 0) is 6.54 Å². The van der Waals surface area contributed by atoms with Gasteiger partial charge in [0.25, 0.3) is 0 Å². The van der Waals surface area contributed by atoms with E-state index in [1.165, 1.54) is 5.56 Å². The van der Waals surface area contributed by atoms with Crippen molar-refractivity contribution in [3.8, 4) is 0 Å². The van der Waals surface area contributed by atoms with Gasteiger partial charge in [0.05, 0.1) is 0 Å². The molecule has 0 aliphatic carbocycles. The highest BCUT2D eigenvalue weighted by atomic mass is 16.3. The third-order valence-corrected chi connectivity index (χ3v) is 2.70. The molecule has 0 unspecified atom stereocenters. The molecule has 0 fully saturated rings. The number of anilines is 1. The second-order valence-electron chi connectivity index (χ2n) is 3.92. The summed E-state index contributed by atoms with van der Waals surface area (Å²) in [7, 11) is 0. The molecule has 2 N–H and O–H groups in total. The summed E-state index contributed by atoms with van der Waals surface area (Å²) in [6, 6.07) is 4.07. The molecule has 0 saturated carbocycles. The van der Waals surface area contributed by atoms with Gasteiger partial charge in [0.15, 0.2) is 0 Å². The number of pyridine rings is 1. The van der Waals surface area contributed by atoms with Crippen LogP contribution in [0.5, 0.6) is 0 Å². The lowest BCUT2D eigenvalue weighted by atomic mass is 10.2. The molecule has 1 aromatic rings. The van der Waals surface area contributed by atoms with Crippen LogP contribution in [0, 0.1) is 0 Å². The van der Waals surface area contributed by atoms with Gasteiger partial charge in [-0.15, -0.1) is 0 Å². The second-order valence-corrected chi connectivity index (χ2v) is 3.92. The predicted octanol–water partition coefficient (Wildman–Crippen LogP) is 1.40. The molecule has 4 heteroatoms. The van der Waals surface area contributed by atoms with E-state index in [0.717, 1.165) is 38.4 Å². The number of nitrogens with one attached hydrogen (secondary N) is 1. The Labute approximate surface area is 104 Å². The van der Waals surface area contributed by atoms with Crippen LogP contribution in [-0.4, -0.2) is 36.3 Å². The van der Waals surface area contributed by atoms with E-state index in [-0.39, 0.29) is 6.61 Å². The van der Waals surface area contributed by atoms with E-state index >= 15 is 0 Å². The molecule has 17 heavy (non-hydrogen) atoms. The Morgan fingerprint density at radius 3 is 2.88 bits per heavy atom. The number of aliphatic hydroxyl groups is 1. The van der Waals surface area contributed by atoms with Crippen molar-refractivity contribution >= 4 is 5.82 Å². The molecule has 0 radical (unpaired) electrons. The van der Waals surface area contributed by atoms with Gasteiger partial charge >= 0.3 is 0 Å². The number of hydrogen-bond donors (Lipinski definition) is 2. The summed E-state index contributed by atoms with van der Waals surface area (Å²) in [5, 5.41) is 12.2. The Balaban J connectivity index is 2.77.